The van der Waals surface area contributed by atoms with Crippen molar-refractivity contribution in [2.75, 3.05) is 0 Å². The molecule has 3 unspecified atom stereocenters. The molecule has 4 fully saturated rings. The summed E-state index contributed by atoms with van der Waals surface area (Å²) in [6.07, 6.45) is 9.19. The summed E-state index contributed by atoms with van der Waals surface area (Å²) in [6, 6.07) is 0. The largest absolute Gasteiger partial charge is 0.481 e. The van der Waals surface area contributed by atoms with Crippen LogP contribution >= 0.6 is 0 Å². The van der Waals surface area contributed by atoms with Gasteiger partial charge in [0.25, 0.3) is 0 Å². The first-order valence-corrected chi connectivity index (χ1v) is 11.7. The van der Waals surface area contributed by atoms with Crippen molar-refractivity contribution in [2.45, 2.75) is 97.2 Å². The Balaban J connectivity index is 1.55. The van der Waals surface area contributed by atoms with Gasteiger partial charge < -0.3 is 15.3 Å². The standard InChI is InChI=1S/C24H40O4/c1-14(4-7-21(27)28)17-5-6-18-22-19(9-11-24(17,18)3)23(2)10-8-16(25)12-15(23)13-20(22)26/h14-20,22,25-26H,4-13H2,1-3H3,(H,27,28)/t14?,15-,16+,17+,18?,19?,20+,22-,23-,24+/m0/s1. The summed E-state index contributed by atoms with van der Waals surface area (Å²) in [5.74, 6) is 2.36. The predicted octanol–water partition coefficient (Wildman–Crippen LogP) is 4.48. The van der Waals surface area contributed by atoms with Gasteiger partial charge in [-0.05, 0) is 104 Å². The number of hydrogen-bond donors (Lipinski definition) is 3. The molecule has 0 aliphatic heterocycles. The van der Waals surface area contributed by atoms with E-state index in [-0.39, 0.29) is 29.5 Å². The van der Waals surface area contributed by atoms with Gasteiger partial charge in [-0.2, -0.15) is 0 Å². The number of aliphatic hydroxyl groups excluding tert-OH is 2. The Morgan fingerprint density at radius 2 is 1.68 bits per heavy atom. The van der Waals surface area contributed by atoms with Crippen LogP contribution in [0, 0.1) is 46.3 Å². The normalized spacial score (nSPS) is 51.7. The molecule has 4 heteroatoms. The minimum absolute atomic E-state index is 0.179. The highest BCUT2D eigenvalue weighted by Crippen LogP contribution is 2.68. The number of fused-ring (bicyclic) bond motifs is 5. The van der Waals surface area contributed by atoms with E-state index in [0.717, 1.165) is 32.1 Å². The second-order valence-corrected chi connectivity index (χ2v) is 11.4. The number of aliphatic carboxylic acids is 1. The highest BCUT2D eigenvalue weighted by Gasteiger charge is 2.62. The third-order valence-corrected chi connectivity index (χ3v) is 10.2. The second-order valence-electron chi connectivity index (χ2n) is 11.4. The van der Waals surface area contributed by atoms with E-state index >= 15 is 0 Å². The van der Waals surface area contributed by atoms with Crippen LogP contribution in [-0.2, 0) is 4.79 Å². The summed E-state index contributed by atoms with van der Waals surface area (Å²) in [5, 5.41) is 30.5. The Labute approximate surface area is 170 Å². The summed E-state index contributed by atoms with van der Waals surface area (Å²) in [4.78, 5) is 11.1. The van der Waals surface area contributed by atoms with Gasteiger partial charge in [0.2, 0.25) is 0 Å². The molecule has 0 radical (unpaired) electrons. The van der Waals surface area contributed by atoms with Crippen LogP contribution in [0.1, 0.15) is 85.0 Å². The van der Waals surface area contributed by atoms with Crippen molar-refractivity contribution in [1.82, 2.24) is 0 Å². The van der Waals surface area contributed by atoms with Gasteiger partial charge in [0.05, 0.1) is 12.2 Å². The van der Waals surface area contributed by atoms with Crippen molar-refractivity contribution >= 4 is 5.97 Å². The molecule has 160 valence electrons. The first kappa shape index (κ1) is 20.7. The van der Waals surface area contributed by atoms with Gasteiger partial charge in [-0.15, -0.1) is 0 Å². The molecule has 0 saturated heterocycles. The van der Waals surface area contributed by atoms with E-state index in [1.54, 1.807) is 0 Å². The van der Waals surface area contributed by atoms with Crippen LogP contribution in [0.15, 0.2) is 0 Å². The molecule has 4 nitrogen and oxygen atoms in total. The lowest BCUT2D eigenvalue weighted by Crippen LogP contribution is -2.58. The molecule has 10 atom stereocenters. The van der Waals surface area contributed by atoms with E-state index in [4.69, 9.17) is 5.11 Å². The van der Waals surface area contributed by atoms with E-state index in [0.29, 0.717) is 35.5 Å². The zero-order valence-corrected chi connectivity index (χ0v) is 17.9. The Morgan fingerprint density at radius 1 is 1.00 bits per heavy atom. The minimum Gasteiger partial charge on any atom is -0.481 e. The fourth-order valence-electron chi connectivity index (χ4n) is 8.73. The average molecular weight is 393 g/mol. The Morgan fingerprint density at radius 3 is 2.39 bits per heavy atom. The molecule has 4 saturated carbocycles. The molecule has 0 aromatic rings. The molecule has 3 N–H and O–H groups in total. The lowest BCUT2D eigenvalue weighted by atomic mass is 9.43. The molecular formula is C24H40O4. The zero-order chi connectivity index (χ0) is 20.3. The third kappa shape index (κ3) is 3.14. The monoisotopic (exact) mass is 392 g/mol. The maximum atomic E-state index is 11.2. The number of rotatable bonds is 4. The molecule has 0 aromatic heterocycles. The van der Waals surface area contributed by atoms with Crippen LogP contribution in [-0.4, -0.2) is 33.5 Å². The fourth-order valence-corrected chi connectivity index (χ4v) is 8.73. The third-order valence-electron chi connectivity index (χ3n) is 10.2. The average Bonchev–Trinajstić information content (AvgIpc) is 2.98. The molecule has 4 aliphatic rings. The highest BCUT2D eigenvalue weighted by molar-refractivity contribution is 5.66. The summed E-state index contributed by atoms with van der Waals surface area (Å²) >= 11 is 0. The Kier molecular flexibility index (Phi) is 5.36. The first-order chi connectivity index (χ1) is 13.2. The Hall–Kier alpha value is -0.610. The summed E-state index contributed by atoms with van der Waals surface area (Å²) in [7, 11) is 0. The zero-order valence-electron chi connectivity index (χ0n) is 17.9. The molecule has 4 rings (SSSR count). The van der Waals surface area contributed by atoms with E-state index < -0.39 is 5.97 Å². The molecule has 0 heterocycles. The molecule has 28 heavy (non-hydrogen) atoms. The number of aliphatic hydroxyl groups is 2. The maximum Gasteiger partial charge on any atom is 0.303 e. The van der Waals surface area contributed by atoms with Gasteiger partial charge in [-0.1, -0.05) is 20.8 Å². The van der Waals surface area contributed by atoms with E-state index in [1.807, 2.05) is 0 Å². The van der Waals surface area contributed by atoms with Crippen molar-refractivity contribution in [2.24, 2.45) is 46.3 Å². The highest BCUT2D eigenvalue weighted by atomic mass is 16.4. The first-order valence-electron chi connectivity index (χ1n) is 11.7. The Bertz CT molecular complexity index is 605. The van der Waals surface area contributed by atoms with Crippen molar-refractivity contribution in [3.63, 3.8) is 0 Å². The molecule has 0 amide bonds. The van der Waals surface area contributed by atoms with Crippen molar-refractivity contribution < 1.29 is 20.1 Å². The van der Waals surface area contributed by atoms with Gasteiger partial charge in [0.1, 0.15) is 0 Å². The van der Waals surface area contributed by atoms with Gasteiger partial charge in [0.15, 0.2) is 0 Å². The van der Waals surface area contributed by atoms with Crippen LogP contribution in [0.25, 0.3) is 0 Å². The van der Waals surface area contributed by atoms with E-state index in [1.165, 1.54) is 25.7 Å². The summed E-state index contributed by atoms with van der Waals surface area (Å²) < 4.78 is 0. The lowest BCUT2D eigenvalue weighted by Gasteiger charge is -2.62. The molecule has 0 aromatic carbocycles. The molecular weight excluding hydrogens is 352 g/mol. The van der Waals surface area contributed by atoms with E-state index in [2.05, 4.69) is 20.8 Å². The topological polar surface area (TPSA) is 77.8 Å². The van der Waals surface area contributed by atoms with Crippen LogP contribution in [0.2, 0.25) is 0 Å². The van der Waals surface area contributed by atoms with Crippen molar-refractivity contribution in [3.05, 3.63) is 0 Å². The van der Waals surface area contributed by atoms with Crippen LogP contribution in [0.3, 0.4) is 0 Å². The molecule has 0 spiro atoms. The van der Waals surface area contributed by atoms with Crippen molar-refractivity contribution in [3.8, 4) is 0 Å². The molecule has 0 bridgehead atoms. The smallest absolute Gasteiger partial charge is 0.303 e. The molecule has 4 aliphatic carbocycles. The quantitative estimate of drug-likeness (QED) is 0.659. The summed E-state index contributed by atoms with van der Waals surface area (Å²) in [5.41, 5.74) is 0.523. The number of hydrogen-bond acceptors (Lipinski definition) is 3. The summed E-state index contributed by atoms with van der Waals surface area (Å²) in [6.45, 7) is 7.16. The van der Waals surface area contributed by atoms with Gasteiger partial charge >= 0.3 is 5.97 Å². The maximum absolute atomic E-state index is 11.2. The van der Waals surface area contributed by atoms with Gasteiger partial charge in [0, 0.05) is 6.42 Å². The SMILES string of the molecule is CC(CCC(=O)O)[C@H]1CCC2[C@H]3C(CC[C@@]21C)[C@@]1(C)CC[C@@H](O)C[C@H]1C[C@H]3O. The van der Waals surface area contributed by atoms with Gasteiger partial charge in [-0.25, -0.2) is 0 Å². The predicted molar refractivity (Wildman–Crippen MR) is 109 cm³/mol. The van der Waals surface area contributed by atoms with Crippen LogP contribution < -0.4 is 0 Å². The van der Waals surface area contributed by atoms with Crippen molar-refractivity contribution in [1.29, 1.82) is 0 Å². The number of carboxylic acid groups (broad SMARTS) is 1. The fraction of sp³-hybridized carbons (Fsp3) is 0.958. The number of carboxylic acids is 1. The lowest BCUT2D eigenvalue weighted by molar-refractivity contribution is -0.174. The minimum atomic E-state index is -0.684. The second kappa shape index (κ2) is 7.27. The number of carbonyl (C=O) groups is 1. The van der Waals surface area contributed by atoms with E-state index in [9.17, 15) is 15.0 Å². The van der Waals surface area contributed by atoms with Gasteiger partial charge in [-0.3, -0.25) is 4.79 Å². The van der Waals surface area contributed by atoms with Crippen LogP contribution in [0.4, 0.5) is 0 Å². The van der Waals surface area contributed by atoms with Crippen LogP contribution in [0.5, 0.6) is 0 Å².